The quantitative estimate of drug-likeness (QED) is 0.156. The maximum atomic E-state index is 14.0. The number of carbonyl (C=O) groups is 1. The summed E-state index contributed by atoms with van der Waals surface area (Å²) in [5.41, 5.74) is 4.06. The number of ether oxygens (including phenoxy) is 4. The van der Waals surface area contributed by atoms with Crippen LogP contribution in [0.2, 0.25) is 0 Å². The zero-order chi connectivity index (χ0) is 25.9. The third-order valence-corrected chi connectivity index (χ3v) is 5.65. The fourth-order valence-electron chi connectivity index (χ4n) is 3.25. The summed E-state index contributed by atoms with van der Waals surface area (Å²) in [6, 6.07) is 15.0. The Morgan fingerprint density at radius 3 is 2.33 bits per heavy atom. The molecule has 0 bridgehead atoms. The maximum absolute atomic E-state index is 14.0. The predicted octanol–water partition coefficient (Wildman–Crippen LogP) is 5.97. The fraction of sp³-hybridized carbons (Fsp3) is 0.259. The monoisotopic (exact) mass is 606 g/mol. The number of carbonyl (C=O) groups excluding carboxylic acids is 1. The lowest BCUT2D eigenvalue weighted by Gasteiger charge is -2.15. The van der Waals surface area contributed by atoms with Gasteiger partial charge in [-0.2, -0.15) is 5.10 Å². The molecule has 36 heavy (non-hydrogen) atoms. The van der Waals surface area contributed by atoms with Crippen molar-refractivity contribution in [1.82, 2.24) is 5.43 Å². The van der Waals surface area contributed by atoms with Gasteiger partial charge in [-0.15, -0.1) is 0 Å². The zero-order valence-corrected chi connectivity index (χ0v) is 22.5. The summed E-state index contributed by atoms with van der Waals surface area (Å²) in [6.45, 7) is 7.03. The van der Waals surface area contributed by atoms with E-state index in [0.29, 0.717) is 59.5 Å². The minimum Gasteiger partial charge on any atom is -0.490 e. The molecule has 0 unspecified atom stereocenters. The van der Waals surface area contributed by atoms with Crippen LogP contribution < -0.4 is 24.4 Å². The lowest BCUT2D eigenvalue weighted by molar-refractivity contribution is 0.0954. The number of hydrogen-bond acceptors (Lipinski definition) is 6. The number of amides is 1. The van der Waals surface area contributed by atoms with Crippen molar-refractivity contribution in [3.8, 4) is 23.0 Å². The van der Waals surface area contributed by atoms with Crippen molar-refractivity contribution in [3.05, 3.63) is 80.7 Å². The van der Waals surface area contributed by atoms with Gasteiger partial charge in [-0.3, -0.25) is 4.79 Å². The number of nitrogens with one attached hydrogen (secondary N) is 1. The van der Waals surface area contributed by atoms with Crippen molar-refractivity contribution in [2.45, 2.75) is 27.4 Å². The molecule has 9 heteroatoms. The highest BCUT2D eigenvalue weighted by Crippen LogP contribution is 2.35. The third kappa shape index (κ3) is 7.33. The molecule has 1 amide bonds. The van der Waals surface area contributed by atoms with E-state index in [2.05, 4.69) is 33.1 Å². The van der Waals surface area contributed by atoms with Crippen LogP contribution in [0, 0.1) is 9.39 Å². The first-order valence-electron chi connectivity index (χ1n) is 11.5. The summed E-state index contributed by atoms with van der Waals surface area (Å²) in [5.74, 6) is 1.37. The number of hydrazone groups is 1. The Hall–Kier alpha value is -3.34. The average molecular weight is 606 g/mol. The van der Waals surface area contributed by atoms with E-state index in [1.807, 2.05) is 26.8 Å². The second-order valence-electron chi connectivity index (χ2n) is 7.37. The minimum atomic E-state index is -0.389. The second-order valence-corrected chi connectivity index (χ2v) is 8.53. The molecule has 0 saturated carbocycles. The van der Waals surface area contributed by atoms with Crippen molar-refractivity contribution < 1.29 is 28.1 Å². The van der Waals surface area contributed by atoms with Crippen LogP contribution in [-0.4, -0.2) is 31.9 Å². The molecule has 0 aliphatic rings. The van der Waals surface area contributed by atoms with Gasteiger partial charge < -0.3 is 18.9 Å². The molecule has 0 aliphatic carbocycles. The highest BCUT2D eigenvalue weighted by Gasteiger charge is 2.14. The Kier molecular flexibility index (Phi) is 10.3. The maximum Gasteiger partial charge on any atom is 0.271 e. The molecule has 0 saturated heterocycles. The fourth-order valence-corrected chi connectivity index (χ4v) is 4.03. The van der Waals surface area contributed by atoms with E-state index in [4.69, 9.17) is 18.9 Å². The van der Waals surface area contributed by atoms with E-state index in [1.165, 1.54) is 12.3 Å². The molecule has 3 rings (SSSR count). The minimum absolute atomic E-state index is 0.0675. The van der Waals surface area contributed by atoms with Crippen LogP contribution in [-0.2, 0) is 6.61 Å². The summed E-state index contributed by atoms with van der Waals surface area (Å²) in [4.78, 5) is 12.6. The smallest absolute Gasteiger partial charge is 0.271 e. The Labute approximate surface area is 223 Å². The first-order valence-corrected chi connectivity index (χ1v) is 12.6. The van der Waals surface area contributed by atoms with Gasteiger partial charge in [0.25, 0.3) is 5.91 Å². The molecule has 3 aromatic carbocycles. The number of hydrogen-bond donors (Lipinski definition) is 1. The van der Waals surface area contributed by atoms with Crippen LogP contribution in [0.25, 0.3) is 0 Å². The third-order valence-electron chi connectivity index (χ3n) is 4.85. The molecule has 0 spiro atoms. The number of nitrogens with zero attached hydrogens (tertiary/aromatic N) is 1. The highest BCUT2D eigenvalue weighted by atomic mass is 127. The lowest BCUT2D eigenvalue weighted by Crippen LogP contribution is -2.17. The molecule has 0 aliphatic heterocycles. The van der Waals surface area contributed by atoms with Crippen molar-refractivity contribution in [3.63, 3.8) is 0 Å². The Morgan fingerprint density at radius 1 is 0.917 bits per heavy atom. The van der Waals surface area contributed by atoms with Crippen LogP contribution in [0.5, 0.6) is 23.0 Å². The van der Waals surface area contributed by atoms with Gasteiger partial charge >= 0.3 is 0 Å². The molecule has 0 heterocycles. The topological polar surface area (TPSA) is 78.4 Å². The number of benzene rings is 3. The van der Waals surface area contributed by atoms with Crippen molar-refractivity contribution >= 4 is 34.7 Å². The normalized spacial score (nSPS) is 10.8. The van der Waals surface area contributed by atoms with Gasteiger partial charge in [0.2, 0.25) is 0 Å². The summed E-state index contributed by atoms with van der Waals surface area (Å²) in [7, 11) is 0. The average Bonchev–Trinajstić information content (AvgIpc) is 2.86. The van der Waals surface area contributed by atoms with Crippen LogP contribution in [0.3, 0.4) is 0 Å². The van der Waals surface area contributed by atoms with E-state index in [9.17, 15) is 9.18 Å². The largest absolute Gasteiger partial charge is 0.490 e. The molecular weight excluding hydrogens is 578 g/mol. The number of halogens is 2. The molecule has 0 fully saturated rings. The van der Waals surface area contributed by atoms with Gasteiger partial charge in [0.05, 0.1) is 29.6 Å². The first-order chi connectivity index (χ1) is 17.5. The van der Waals surface area contributed by atoms with Gasteiger partial charge in [-0.05, 0) is 85.3 Å². The van der Waals surface area contributed by atoms with Gasteiger partial charge in [0.15, 0.2) is 23.0 Å². The molecule has 1 N–H and O–H groups in total. The van der Waals surface area contributed by atoms with Crippen molar-refractivity contribution in [2.75, 3.05) is 19.8 Å². The van der Waals surface area contributed by atoms with E-state index in [-0.39, 0.29) is 18.3 Å². The Morgan fingerprint density at radius 2 is 1.61 bits per heavy atom. The number of rotatable bonds is 12. The van der Waals surface area contributed by atoms with E-state index in [0.717, 1.165) is 3.57 Å². The lowest BCUT2D eigenvalue weighted by atomic mass is 10.2. The Bertz CT molecular complexity index is 1220. The summed E-state index contributed by atoms with van der Waals surface area (Å²) in [6.07, 6.45) is 1.52. The van der Waals surface area contributed by atoms with Crippen LogP contribution in [0.15, 0.2) is 59.7 Å². The van der Waals surface area contributed by atoms with Crippen molar-refractivity contribution in [2.24, 2.45) is 5.10 Å². The molecule has 3 aromatic rings. The van der Waals surface area contributed by atoms with Gasteiger partial charge in [-0.25, -0.2) is 9.82 Å². The van der Waals surface area contributed by atoms with Crippen LogP contribution in [0.4, 0.5) is 4.39 Å². The zero-order valence-electron chi connectivity index (χ0n) is 20.3. The molecule has 190 valence electrons. The van der Waals surface area contributed by atoms with Crippen LogP contribution in [0.1, 0.15) is 42.3 Å². The molecule has 7 nitrogen and oxygen atoms in total. The molecule has 0 radical (unpaired) electrons. The van der Waals surface area contributed by atoms with Crippen LogP contribution >= 0.6 is 22.6 Å². The standard InChI is InChI=1S/C27H28FIN2O5/c1-4-33-23-12-11-19(15-24(23)34-5-2)27(32)31-30-16-18-13-22(29)26(25(14-18)35-6-3)36-17-20-9-7-8-10-21(20)28/h7-16H,4-6,17H2,1-3H3,(H,31,32)/b30-16+. The Balaban J connectivity index is 1.72. The second kappa shape index (κ2) is 13.7. The van der Waals surface area contributed by atoms with Gasteiger partial charge in [0, 0.05) is 11.1 Å². The van der Waals surface area contributed by atoms with Crippen molar-refractivity contribution in [1.29, 1.82) is 0 Å². The van der Waals surface area contributed by atoms with E-state index < -0.39 is 0 Å². The molecular formula is C27H28FIN2O5. The summed E-state index contributed by atoms with van der Waals surface area (Å²) >= 11 is 2.12. The van der Waals surface area contributed by atoms with Gasteiger partial charge in [0.1, 0.15) is 12.4 Å². The summed E-state index contributed by atoms with van der Waals surface area (Å²) in [5, 5.41) is 4.08. The molecule has 0 aromatic heterocycles. The first kappa shape index (κ1) is 27.3. The van der Waals surface area contributed by atoms with E-state index >= 15 is 0 Å². The SMILES string of the molecule is CCOc1ccc(C(=O)N/N=C/c2cc(I)c(OCc3ccccc3F)c(OCC)c2)cc1OCC. The highest BCUT2D eigenvalue weighted by molar-refractivity contribution is 14.1. The summed E-state index contributed by atoms with van der Waals surface area (Å²) < 4.78 is 37.5. The predicted molar refractivity (Wildman–Crippen MR) is 145 cm³/mol. The molecule has 0 atom stereocenters. The van der Waals surface area contributed by atoms with Gasteiger partial charge in [-0.1, -0.05) is 18.2 Å². The van der Waals surface area contributed by atoms with E-state index in [1.54, 1.807) is 42.5 Å².